The van der Waals surface area contributed by atoms with Crippen molar-refractivity contribution in [2.45, 2.75) is 4.90 Å². The Balaban J connectivity index is 2.01. The molecule has 160 valence electrons. The van der Waals surface area contributed by atoms with E-state index < -0.39 is 34.5 Å². The van der Waals surface area contributed by atoms with Crippen LogP contribution in [0.1, 0.15) is 20.7 Å². The van der Waals surface area contributed by atoms with Gasteiger partial charge in [0.25, 0.3) is 5.91 Å². The fourth-order valence-corrected chi connectivity index (χ4v) is 3.64. The molecule has 0 aliphatic heterocycles. The molecule has 2 rings (SSSR count). The van der Waals surface area contributed by atoms with Crippen molar-refractivity contribution < 1.29 is 32.3 Å². The molecule has 1 amide bonds. The minimum atomic E-state index is -3.81. The number of anilines is 1. The number of hydrogen-bond acceptors (Lipinski definition) is 7. The lowest BCUT2D eigenvalue weighted by atomic mass is 10.1. The first-order valence-electron chi connectivity index (χ1n) is 8.43. The van der Waals surface area contributed by atoms with Gasteiger partial charge in [0.05, 0.1) is 23.3 Å². The molecule has 2 aromatic rings. The first-order chi connectivity index (χ1) is 14.1. The second-order valence-corrected chi connectivity index (χ2v) is 8.65. The number of nitrogens with zero attached hydrogens (tertiary/aromatic N) is 1. The maximum absolute atomic E-state index is 12.3. The summed E-state index contributed by atoms with van der Waals surface area (Å²) in [5.74, 6) is -1.99. The van der Waals surface area contributed by atoms with Crippen LogP contribution in [0.2, 0.25) is 5.02 Å². The second kappa shape index (κ2) is 9.70. The van der Waals surface area contributed by atoms with Crippen molar-refractivity contribution in [2.24, 2.45) is 0 Å². The number of ether oxygens (including phenoxy) is 2. The molecule has 9 nitrogen and oxygen atoms in total. The molecule has 0 radical (unpaired) electrons. The van der Waals surface area contributed by atoms with Gasteiger partial charge >= 0.3 is 11.9 Å². The highest BCUT2D eigenvalue weighted by Gasteiger charge is 2.21. The van der Waals surface area contributed by atoms with Crippen LogP contribution in [0.4, 0.5) is 5.69 Å². The van der Waals surface area contributed by atoms with Gasteiger partial charge in [0.1, 0.15) is 4.90 Å². The van der Waals surface area contributed by atoms with Gasteiger partial charge in [0.15, 0.2) is 6.61 Å². The lowest BCUT2D eigenvalue weighted by Crippen LogP contribution is -2.23. The number of benzene rings is 2. The average Bonchev–Trinajstić information content (AvgIpc) is 2.72. The van der Waals surface area contributed by atoms with E-state index in [9.17, 15) is 22.8 Å². The van der Waals surface area contributed by atoms with Crippen molar-refractivity contribution in [1.82, 2.24) is 4.31 Å². The lowest BCUT2D eigenvalue weighted by Gasteiger charge is -2.14. The van der Waals surface area contributed by atoms with Gasteiger partial charge in [0, 0.05) is 19.8 Å². The number of nitrogens with one attached hydrogen (secondary N) is 1. The molecule has 0 unspecified atom stereocenters. The van der Waals surface area contributed by atoms with Crippen molar-refractivity contribution in [3.05, 3.63) is 58.6 Å². The Morgan fingerprint density at radius 2 is 1.57 bits per heavy atom. The Morgan fingerprint density at radius 3 is 2.10 bits per heavy atom. The van der Waals surface area contributed by atoms with Gasteiger partial charge < -0.3 is 14.8 Å². The number of sulfonamides is 1. The zero-order valence-electron chi connectivity index (χ0n) is 16.3. The molecule has 0 aliphatic rings. The van der Waals surface area contributed by atoms with E-state index in [-0.39, 0.29) is 26.7 Å². The summed E-state index contributed by atoms with van der Waals surface area (Å²) in [6.07, 6.45) is 0. The van der Waals surface area contributed by atoms with E-state index in [1.54, 1.807) is 0 Å². The molecule has 11 heteroatoms. The smallest absolute Gasteiger partial charge is 0.338 e. The molecule has 0 aliphatic carbocycles. The molecule has 0 heterocycles. The first kappa shape index (κ1) is 23.3. The number of halogens is 1. The SMILES string of the molecule is COC(=O)c1ccc(C(=O)OCC(=O)Nc2ccc(Cl)c(S(=O)(=O)N(C)C)c2)cc1. The summed E-state index contributed by atoms with van der Waals surface area (Å²) < 4.78 is 35.0. The molecular formula is C19H19ClN2O7S. The molecule has 30 heavy (non-hydrogen) atoms. The van der Waals surface area contributed by atoms with Crippen molar-refractivity contribution in [2.75, 3.05) is 33.1 Å². The molecule has 0 fully saturated rings. The maximum Gasteiger partial charge on any atom is 0.338 e. The third-order valence-electron chi connectivity index (χ3n) is 3.85. The van der Waals surface area contributed by atoms with Crippen LogP contribution in [-0.2, 0) is 24.3 Å². The van der Waals surface area contributed by atoms with Gasteiger partial charge in [0.2, 0.25) is 10.0 Å². The normalized spacial score (nSPS) is 11.1. The van der Waals surface area contributed by atoms with E-state index in [0.717, 1.165) is 4.31 Å². The number of carbonyl (C=O) groups is 3. The Bertz CT molecular complexity index is 1070. The second-order valence-electron chi connectivity index (χ2n) is 6.13. The minimum Gasteiger partial charge on any atom is -0.465 e. The van der Waals surface area contributed by atoms with Crippen LogP contribution in [0.15, 0.2) is 47.4 Å². The maximum atomic E-state index is 12.3. The van der Waals surface area contributed by atoms with E-state index in [2.05, 4.69) is 10.1 Å². The number of carbonyl (C=O) groups excluding carboxylic acids is 3. The summed E-state index contributed by atoms with van der Waals surface area (Å²) in [6.45, 7) is -0.601. The molecule has 0 bridgehead atoms. The molecule has 0 spiro atoms. The third-order valence-corrected chi connectivity index (χ3v) is 6.15. The molecule has 2 aromatic carbocycles. The molecule has 0 saturated carbocycles. The number of esters is 2. The first-order valence-corrected chi connectivity index (χ1v) is 10.3. The van der Waals surface area contributed by atoms with Crippen LogP contribution in [0.5, 0.6) is 0 Å². The average molecular weight is 455 g/mol. The third kappa shape index (κ3) is 5.56. The van der Waals surface area contributed by atoms with Crippen LogP contribution >= 0.6 is 11.6 Å². The number of hydrogen-bond donors (Lipinski definition) is 1. The summed E-state index contributed by atoms with van der Waals surface area (Å²) in [6, 6.07) is 9.48. The minimum absolute atomic E-state index is 0.00327. The predicted molar refractivity (Wildman–Crippen MR) is 109 cm³/mol. The van der Waals surface area contributed by atoms with Gasteiger partial charge in [-0.25, -0.2) is 22.3 Å². The predicted octanol–water partition coefficient (Wildman–Crippen LogP) is 2.17. The Morgan fingerprint density at radius 1 is 1.00 bits per heavy atom. The topological polar surface area (TPSA) is 119 Å². The van der Waals surface area contributed by atoms with Gasteiger partial charge in [-0.2, -0.15) is 0 Å². The number of amides is 1. The Labute approximate surface area is 178 Å². The van der Waals surface area contributed by atoms with Crippen LogP contribution in [0, 0.1) is 0 Å². The Kier molecular flexibility index (Phi) is 7.54. The van der Waals surface area contributed by atoms with E-state index in [4.69, 9.17) is 16.3 Å². The monoisotopic (exact) mass is 454 g/mol. The molecule has 0 saturated heterocycles. The molecular weight excluding hydrogens is 436 g/mol. The Hall–Kier alpha value is -2.95. The quantitative estimate of drug-likeness (QED) is 0.636. The van der Waals surface area contributed by atoms with E-state index in [1.165, 1.54) is 63.7 Å². The van der Waals surface area contributed by atoms with Crippen molar-refractivity contribution in [3.8, 4) is 0 Å². The summed E-state index contributed by atoms with van der Waals surface area (Å²) in [4.78, 5) is 35.3. The number of rotatable bonds is 7. The summed E-state index contributed by atoms with van der Waals surface area (Å²) in [7, 11) is 0.142. The standard InChI is InChI=1S/C19H19ClN2O7S/c1-22(2)30(26,27)16-10-14(8-9-15(16)20)21-17(23)11-29-19(25)13-6-4-12(5-7-13)18(24)28-3/h4-10H,11H2,1-3H3,(H,21,23). The largest absolute Gasteiger partial charge is 0.465 e. The van der Waals surface area contributed by atoms with Crippen molar-refractivity contribution in [3.63, 3.8) is 0 Å². The van der Waals surface area contributed by atoms with Crippen LogP contribution in [-0.4, -0.2) is 58.4 Å². The molecule has 1 N–H and O–H groups in total. The summed E-state index contributed by atoms with van der Waals surface area (Å²) in [5.41, 5.74) is 0.572. The van der Waals surface area contributed by atoms with Crippen LogP contribution in [0.3, 0.4) is 0 Å². The van der Waals surface area contributed by atoms with Crippen LogP contribution < -0.4 is 5.32 Å². The van der Waals surface area contributed by atoms with Gasteiger partial charge in [-0.1, -0.05) is 11.6 Å². The molecule has 0 aromatic heterocycles. The highest BCUT2D eigenvalue weighted by molar-refractivity contribution is 7.89. The van der Waals surface area contributed by atoms with Crippen molar-refractivity contribution >= 4 is 45.2 Å². The number of methoxy groups -OCH3 is 1. The van der Waals surface area contributed by atoms with Crippen LogP contribution in [0.25, 0.3) is 0 Å². The van der Waals surface area contributed by atoms with E-state index in [1.807, 2.05) is 0 Å². The fraction of sp³-hybridized carbons (Fsp3) is 0.211. The van der Waals surface area contributed by atoms with E-state index in [0.29, 0.717) is 0 Å². The molecule has 0 atom stereocenters. The summed E-state index contributed by atoms with van der Waals surface area (Å²) >= 11 is 5.95. The van der Waals surface area contributed by atoms with Gasteiger partial charge in [-0.15, -0.1) is 0 Å². The zero-order chi connectivity index (χ0) is 22.5. The zero-order valence-corrected chi connectivity index (χ0v) is 17.9. The van der Waals surface area contributed by atoms with Gasteiger partial charge in [-0.3, -0.25) is 4.79 Å². The lowest BCUT2D eigenvalue weighted by molar-refractivity contribution is -0.119. The highest BCUT2D eigenvalue weighted by Crippen LogP contribution is 2.26. The van der Waals surface area contributed by atoms with E-state index >= 15 is 0 Å². The fourth-order valence-electron chi connectivity index (χ4n) is 2.25. The highest BCUT2D eigenvalue weighted by atomic mass is 35.5. The van der Waals surface area contributed by atoms with Crippen molar-refractivity contribution in [1.29, 1.82) is 0 Å². The van der Waals surface area contributed by atoms with Gasteiger partial charge in [-0.05, 0) is 42.5 Å². The summed E-state index contributed by atoms with van der Waals surface area (Å²) in [5, 5.41) is 2.44.